The Morgan fingerprint density at radius 1 is 1.11 bits per heavy atom. The second kappa shape index (κ2) is 5.57. The van der Waals surface area contributed by atoms with Crippen LogP contribution in [0.2, 0.25) is 0 Å². The van der Waals surface area contributed by atoms with Crippen LogP contribution in [0.3, 0.4) is 0 Å². The maximum Gasteiger partial charge on any atom is 0.310 e. The molecule has 1 unspecified atom stereocenters. The average Bonchev–Trinajstić information content (AvgIpc) is 2.39. The van der Waals surface area contributed by atoms with E-state index in [2.05, 4.69) is 0 Å². The highest BCUT2D eigenvalue weighted by Gasteiger charge is 2.13. The first-order valence-corrected chi connectivity index (χ1v) is 6.13. The molecule has 2 aromatic carbocycles. The van der Waals surface area contributed by atoms with Crippen molar-refractivity contribution < 1.29 is 14.6 Å². The van der Waals surface area contributed by atoms with Crippen molar-refractivity contribution in [2.24, 2.45) is 0 Å². The predicted molar refractivity (Wildman–Crippen MR) is 73.7 cm³/mol. The molecule has 0 amide bonds. The lowest BCUT2D eigenvalue weighted by molar-refractivity contribution is -0.138. The average molecular weight is 256 g/mol. The molecule has 0 bridgehead atoms. The molecule has 0 aromatic heterocycles. The Hall–Kier alpha value is -2.29. The molecule has 2 rings (SSSR count). The molecule has 1 atom stereocenters. The second-order valence-corrected chi connectivity index (χ2v) is 4.55. The number of carbonyl (C=O) groups is 1. The van der Waals surface area contributed by atoms with E-state index in [1.807, 2.05) is 31.2 Å². The number of aryl methyl sites for hydroxylation is 1. The highest BCUT2D eigenvalue weighted by Crippen LogP contribution is 2.24. The smallest absolute Gasteiger partial charge is 0.310 e. The second-order valence-electron chi connectivity index (χ2n) is 4.55. The summed E-state index contributed by atoms with van der Waals surface area (Å²) in [5.74, 6) is 0.145. The van der Waals surface area contributed by atoms with Crippen LogP contribution in [0.4, 0.5) is 0 Å². The van der Waals surface area contributed by atoms with Gasteiger partial charge >= 0.3 is 5.97 Å². The summed E-state index contributed by atoms with van der Waals surface area (Å²) in [6.07, 6.45) is 0. The summed E-state index contributed by atoms with van der Waals surface area (Å²) in [6.45, 7) is 3.67. The Labute approximate surface area is 112 Å². The normalized spacial score (nSPS) is 11.9. The molecule has 0 heterocycles. The summed E-state index contributed by atoms with van der Waals surface area (Å²) >= 11 is 0. The van der Waals surface area contributed by atoms with Crippen molar-refractivity contribution in [3.05, 3.63) is 59.7 Å². The molecule has 0 aliphatic heterocycles. The minimum atomic E-state index is -0.827. The molecule has 3 heteroatoms. The van der Waals surface area contributed by atoms with Crippen LogP contribution in [-0.2, 0) is 4.79 Å². The van der Waals surface area contributed by atoms with Gasteiger partial charge in [-0.25, -0.2) is 0 Å². The number of hydrogen-bond acceptors (Lipinski definition) is 2. The van der Waals surface area contributed by atoms with Crippen LogP contribution >= 0.6 is 0 Å². The Balaban J connectivity index is 2.13. The van der Waals surface area contributed by atoms with E-state index in [4.69, 9.17) is 9.84 Å². The third-order valence-electron chi connectivity index (χ3n) is 2.98. The van der Waals surface area contributed by atoms with Crippen LogP contribution in [0, 0.1) is 6.92 Å². The molecule has 19 heavy (non-hydrogen) atoms. The van der Waals surface area contributed by atoms with E-state index in [-0.39, 0.29) is 0 Å². The standard InChI is InChI=1S/C16H16O3/c1-11-4-3-5-15(10-11)19-14-8-6-13(7-9-14)12(2)16(17)18/h3-10,12H,1-2H3,(H,17,18). The molecule has 0 aliphatic carbocycles. The first-order chi connectivity index (χ1) is 9.06. The van der Waals surface area contributed by atoms with Crippen LogP contribution in [0.1, 0.15) is 24.0 Å². The molecule has 3 nitrogen and oxygen atoms in total. The summed E-state index contributed by atoms with van der Waals surface area (Å²) in [5, 5.41) is 8.94. The zero-order valence-corrected chi connectivity index (χ0v) is 11.0. The van der Waals surface area contributed by atoms with E-state index in [0.29, 0.717) is 5.75 Å². The minimum Gasteiger partial charge on any atom is -0.481 e. The number of rotatable bonds is 4. The lowest BCUT2D eigenvalue weighted by Crippen LogP contribution is -2.06. The van der Waals surface area contributed by atoms with Gasteiger partial charge in [-0.1, -0.05) is 24.3 Å². The maximum atomic E-state index is 10.9. The molecule has 0 spiro atoms. The van der Waals surface area contributed by atoms with E-state index in [1.54, 1.807) is 31.2 Å². The quantitative estimate of drug-likeness (QED) is 0.900. The Kier molecular flexibility index (Phi) is 3.85. The highest BCUT2D eigenvalue weighted by molar-refractivity contribution is 5.75. The third kappa shape index (κ3) is 3.35. The van der Waals surface area contributed by atoms with Crippen LogP contribution in [0.5, 0.6) is 11.5 Å². The molecule has 0 saturated heterocycles. The van der Waals surface area contributed by atoms with Crippen molar-refractivity contribution in [1.82, 2.24) is 0 Å². The minimum absolute atomic E-state index is 0.506. The van der Waals surface area contributed by atoms with E-state index < -0.39 is 11.9 Å². The maximum absolute atomic E-state index is 10.9. The Morgan fingerprint density at radius 2 is 1.79 bits per heavy atom. The Morgan fingerprint density at radius 3 is 2.37 bits per heavy atom. The van der Waals surface area contributed by atoms with Crippen molar-refractivity contribution >= 4 is 5.97 Å². The van der Waals surface area contributed by atoms with E-state index >= 15 is 0 Å². The summed E-state index contributed by atoms with van der Waals surface area (Å²) in [5.41, 5.74) is 1.90. The monoisotopic (exact) mass is 256 g/mol. The molecular weight excluding hydrogens is 240 g/mol. The third-order valence-corrected chi connectivity index (χ3v) is 2.98. The van der Waals surface area contributed by atoms with E-state index in [0.717, 1.165) is 16.9 Å². The number of hydrogen-bond donors (Lipinski definition) is 1. The first kappa shape index (κ1) is 13.1. The van der Waals surface area contributed by atoms with Gasteiger partial charge in [0.25, 0.3) is 0 Å². The molecule has 98 valence electrons. The van der Waals surface area contributed by atoms with Gasteiger partial charge in [-0.15, -0.1) is 0 Å². The predicted octanol–water partition coefficient (Wildman–Crippen LogP) is 3.98. The van der Waals surface area contributed by atoms with Gasteiger partial charge in [-0.3, -0.25) is 4.79 Å². The number of ether oxygens (including phenoxy) is 1. The van der Waals surface area contributed by atoms with Crippen molar-refractivity contribution in [3.8, 4) is 11.5 Å². The van der Waals surface area contributed by atoms with Gasteiger partial charge in [-0.05, 0) is 49.2 Å². The zero-order chi connectivity index (χ0) is 13.8. The van der Waals surface area contributed by atoms with E-state index in [9.17, 15) is 4.79 Å². The van der Waals surface area contributed by atoms with E-state index in [1.165, 1.54) is 0 Å². The molecule has 0 saturated carbocycles. The highest BCUT2D eigenvalue weighted by atomic mass is 16.5. The van der Waals surface area contributed by atoms with Gasteiger partial charge in [0, 0.05) is 0 Å². The molecule has 0 aliphatic rings. The van der Waals surface area contributed by atoms with Crippen LogP contribution < -0.4 is 4.74 Å². The molecule has 1 N–H and O–H groups in total. The fraction of sp³-hybridized carbons (Fsp3) is 0.188. The lowest BCUT2D eigenvalue weighted by atomic mass is 10.0. The van der Waals surface area contributed by atoms with Crippen molar-refractivity contribution in [2.45, 2.75) is 19.8 Å². The van der Waals surface area contributed by atoms with Crippen molar-refractivity contribution in [2.75, 3.05) is 0 Å². The van der Waals surface area contributed by atoms with Crippen LogP contribution in [0.25, 0.3) is 0 Å². The van der Waals surface area contributed by atoms with Gasteiger partial charge in [0.15, 0.2) is 0 Å². The fourth-order valence-electron chi connectivity index (χ4n) is 1.78. The topological polar surface area (TPSA) is 46.5 Å². The van der Waals surface area contributed by atoms with Crippen LogP contribution in [-0.4, -0.2) is 11.1 Å². The SMILES string of the molecule is Cc1cccc(Oc2ccc(C(C)C(=O)O)cc2)c1. The molecule has 2 aromatic rings. The molecule has 0 radical (unpaired) electrons. The lowest BCUT2D eigenvalue weighted by Gasteiger charge is -2.09. The van der Waals surface area contributed by atoms with Crippen LogP contribution in [0.15, 0.2) is 48.5 Å². The van der Waals surface area contributed by atoms with Crippen molar-refractivity contribution in [3.63, 3.8) is 0 Å². The molecular formula is C16H16O3. The van der Waals surface area contributed by atoms with Crippen molar-refractivity contribution in [1.29, 1.82) is 0 Å². The van der Waals surface area contributed by atoms with Gasteiger partial charge in [0.1, 0.15) is 11.5 Å². The summed E-state index contributed by atoms with van der Waals surface area (Å²) in [4.78, 5) is 10.9. The van der Waals surface area contributed by atoms with Gasteiger partial charge in [0.05, 0.1) is 5.92 Å². The number of carboxylic acids is 1. The zero-order valence-electron chi connectivity index (χ0n) is 11.0. The Bertz CT molecular complexity index is 573. The van der Waals surface area contributed by atoms with Gasteiger partial charge in [0.2, 0.25) is 0 Å². The fourth-order valence-corrected chi connectivity index (χ4v) is 1.78. The van der Waals surface area contributed by atoms with Gasteiger partial charge < -0.3 is 9.84 Å². The summed E-state index contributed by atoms with van der Waals surface area (Å²) in [7, 11) is 0. The first-order valence-electron chi connectivity index (χ1n) is 6.13. The summed E-state index contributed by atoms with van der Waals surface area (Å²) in [6, 6.07) is 14.9. The van der Waals surface area contributed by atoms with Gasteiger partial charge in [-0.2, -0.15) is 0 Å². The largest absolute Gasteiger partial charge is 0.481 e. The molecule has 0 fully saturated rings. The number of aliphatic carboxylic acids is 1. The number of carboxylic acid groups (broad SMARTS) is 1. The number of benzene rings is 2. The summed E-state index contributed by atoms with van der Waals surface area (Å²) < 4.78 is 5.71.